The molecule has 0 N–H and O–H groups in total. The molecule has 0 saturated carbocycles. The lowest BCUT2D eigenvalue weighted by molar-refractivity contribution is 0.406. The predicted molar refractivity (Wildman–Crippen MR) is 87.0 cm³/mol. The number of rotatable bonds is 1. The van der Waals surface area contributed by atoms with Gasteiger partial charge in [0.05, 0.1) is 6.04 Å². The first-order valence-electron chi connectivity index (χ1n) is 7.73. The van der Waals surface area contributed by atoms with Crippen LogP contribution in [0, 0.1) is 34.6 Å². The average Bonchev–Trinajstić information content (AvgIpc) is 2.92. The average molecular weight is 267 g/mol. The van der Waals surface area contributed by atoms with E-state index in [-0.39, 0.29) is 0 Å². The van der Waals surface area contributed by atoms with Crippen LogP contribution >= 0.6 is 0 Å². The summed E-state index contributed by atoms with van der Waals surface area (Å²) in [6.45, 7) is 12.6. The van der Waals surface area contributed by atoms with Gasteiger partial charge < -0.3 is 4.90 Å². The third-order valence-electron chi connectivity index (χ3n) is 5.50. The van der Waals surface area contributed by atoms with E-state index < -0.39 is 0 Å². The van der Waals surface area contributed by atoms with Gasteiger partial charge in [0.1, 0.15) is 0 Å². The number of hydrogen-bond donors (Lipinski definition) is 0. The fourth-order valence-corrected chi connectivity index (χ4v) is 3.85. The molecule has 2 heterocycles. The highest BCUT2D eigenvalue weighted by molar-refractivity contribution is 5.78. The number of fused-ring (bicyclic) bond motifs is 1. The molecule has 20 heavy (non-hydrogen) atoms. The molecule has 1 nitrogen and oxygen atoms in total. The maximum absolute atomic E-state index is 2.51. The number of nitrogens with zero attached hydrogens (tertiary/aromatic N) is 1. The Morgan fingerprint density at radius 2 is 1.50 bits per heavy atom. The van der Waals surface area contributed by atoms with Crippen LogP contribution in [0.25, 0.3) is 5.57 Å². The second-order valence-corrected chi connectivity index (χ2v) is 6.36. The Bertz CT molecular complexity index is 590. The lowest BCUT2D eigenvalue weighted by atomic mass is 9.82. The fraction of sp³-hybridized carbons (Fsp3) is 0.474. The zero-order chi connectivity index (χ0) is 14.4. The zero-order valence-corrected chi connectivity index (χ0v) is 13.4. The fourth-order valence-electron chi connectivity index (χ4n) is 3.85. The first-order chi connectivity index (χ1) is 9.52. The summed E-state index contributed by atoms with van der Waals surface area (Å²) in [6, 6.07) is 0.596. The minimum atomic E-state index is 0.596. The summed E-state index contributed by atoms with van der Waals surface area (Å²) in [6.07, 6.45) is 9.44. The second kappa shape index (κ2) is 4.80. The number of hydrogen-bond acceptors (Lipinski definition) is 1. The standard InChI is InChI=1S/C19H25N/c1-12-13(2)15(4)19(16(5)14(12)3)17-8-6-10-20-11-7-9-18(17)20/h6,8,10,18H,7,9,11H2,1-5H3. The summed E-state index contributed by atoms with van der Waals surface area (Å²) in [5, 5.41) is 0. The van der Waals surface area contributed by atoms with Crippen molar-refractivity contribution in [2.45, 2.75) is 53.5 Å². The Balaban J connectivity index is 2.20. The maximum Gasteiger partial charge on any atom is 0.0543 e. The van der Waals surface area contributed by atoms with Gasteiger partial charge >= 0.3 is 0 Å². The highest BCUT2D eigenvalue weighted by Gasteiger charge is 2.30. The van der Waals surface area contributed by atoms with Gasteiger partial charge in [-0.25, -0.2) is 0 Å². The van der Waals surface area contributed by atoms with Crippen molar-refractivity contribution < 1.29 is 0 Å². The van der Waals surface area contributed by atoms with Crippen LogP contribution in [0.1, 0.15) is 46.2 Å². The van der Waals surface area contributed by atoms with E-state index in [1.165, 1.54) is 58.3 Å². The van der Waals surface area contributed by atoms with Gasteiger partial charge in [-0.15, -0.1) is 0 Å². The van der Waals surface area contributed by atoms with Gasteiger partial charge in [0.15, 0.2) is 0 Å². The highest BCUT2D eigenvalue weighted by atomic mass is 15.2. The number of benzene rings is 1. The van der Waals surface area contributed by atoms with Crippen LogP contribution < -0.4 is 0 Å². The molecule has 0 spiro atoms. The van der Waals surface area contributed by atoms with Crippen molar-refractivity contribution in [3.05, 3.63) is 51.7 Å². The van der Waals surface area contributed by atoms with Gasteiger partial charge in [0.2, 0.25) is 0 Å². The third kappa shape index (κ3) is 1.83. The van der Waals surface area contributed by atoms with Crippen molar-refractivity contribution in [1.82, 2.24) is 4.90 Å². The Labute approximate surface area is 123 Å². The molecular weight excluding hydrogens is 242 g/mol. The van der Waals surface area contributed by atoms with E-state index in [4.69, 9.17) is 0 Å². The summed E-state index contributed by atoms with van der Waals surface area (Å²) in [7, 11) is 0. The number of allylic oxidation sites excluding steroid dienone is 2. The molecule has 3 rings (SSSR count). The van der Waals surface area contributed by atoms with Gasteiger partial charge in [-0.1, -0.05) is 6.08 Å². The van der Waals surface area contributed by atoms with Crippen LogP contribution in [0.2, 0.25) is 0 Å². The van der Waals surface area contributed by atoms with Gasteiger partial charge in [0, 0.05) is 6.54 Å². The van der Waals surface area contributed by atoms with E-state index in [0.717, 1.165) is 0 Å². The smallest absolute Gasteiger partial charge is 0.0543 e. The van der Waals surface area contributed by atoms with Crippen molar-refractivity contribution in [2.75, 3.05) is 6.54 Å². The van der Waals surface area contributed by atoms with Gasteiger partial charge in [-0.05, 0) is 98.7 Å². The molecule has 1 atom stereocenters. The first kappa shape index (κ1) is 13.5. The van der Waals surface area contributed by atoms with E-state index in [1.54, 1.807) is 0 Å². The molecule has 1 fully saturated rings. The minimum absolute atomic E-state index is 0.596. The zero-order valence-electron chi connectivity index (χ0n) is 13.4. The molecule has 1 saturated heterocycles. The lowest BCUT2D eigenvalue weighted by Gasteiger charge is -2.31. The van der Waals surface area contributed by atoms with Crippen LogP contribution in [0.4, 0.5) is 0 Å². The Morgan fingerprint density at radius 1 is 0.900 bits per heavy atom. The topological polar surface area (TPSA) is 3.24 Å². The Kier molecular flexibility index (Phi) is 3.24. The molecular formula is C19H25N. The summed E-state index contributed by atoms with van der Waals surface area (Å²) < 4.78 is 0. The summed E-state index contributed by atoms with van der Waals surface area (Å²) >= 11 is 0. The predicted octanol–water partition coefficient (Wildman–Crippen LogP) is 4.60. The Morgan fingerprint density at radius 3 is 2.15 bits per heavy atom. The summed E-state index contributed by atoms with van der Waals surface area (Å²) in [4.78, 5) is 2.51. The largest absolute Gasteiger partial charge is 0.370 e. The maximum atomic E-state index is 2.51. The molecule has 2 aliphatic rings. The second-order valence-electron chi connectivity index (χ2n) is 6.36. The third-order valence-corrected chi connectivity index (χ3v) is 5.50. The van der Waals surface area contributed by atoms with Crippen LogP contribution in [0.3, 0.4) is 0 Å². The Hall–Kier alpha value is -1.50. The van der Waals surface area contributed by atoms with E-state index in [1.807, 2.05) is 0 Å². The van der Waals surface area contributed by atoms with Gasteiger partial charge in [-0.2, -0.15) is 0 Å². The first-order valence-corrected chi connectivity index (χ1v) is 7.73. The van der Waals surface area contributed by atoms with Gasteiger partial charge in [0.25, 0.3) is 0 Å². The minimum Gasteiger partial charge on any atom is -0.370 e. The quantitative estimate of drug-likeness (QED) is 0.718. The van der Waals surface area contributed by atoms with Crippen LogP contribution in [0.15, 0.2) is 18.4 Å². The van der Waals surface area contributed by atoms with Crippen LogP contribution in [-0.4, -0.2) is 17.5 Å². The molecule has 1 aromatic carbocycles. The van der Waals surface area contributed by atoms with Crippen molar-refractivity contribution in [2.24, 2.45) is 0 Å². The molecule has 0 amide bonds. The molecule has 0 radical (unpaired) electrons. The van der Waals surface area contributed by atoms with E-state index >= 15 is 0 Å². The normalized spacial score (nSPS) is 21.1. The van der Waals surface area contributed by atoms with Crippen LogP contribution in [-0.2, 0) is 0 Å². The van der Waals surface area contributed by atoms with Crippen molar-refractivity contribution in [3.63, 3.8) is 0 Å². The highest BCUT2D eigenvalue weighted by Crippen LogP contribution is 2.38. The molecule has 106 valence electrons. The molecule has 0 bridgehead atoms. The van der Waals surface area contributed by atoms with Crippen molar-refractivity contribution in [3.8, 4) is 0 Å². The monoisotopic (exact) mass is 267 g/mol. The molecule has 1 unspecified atom stereocenters. The van der Waals surface area contributed by atoms with Crippen molar-refractivity contribution in [1.29, 1.82) is 0 Å². The van der Waals surface area contributed by atoms with Crippen molar-refractivity contribution >= 4 is 5.57 Å². The van der Waals surface area contributed by atoms with E-state index in [0.29, 0.717) is 6.04 Å². The molecule has 0 aliphatic carbocycles. The SMILES string of the molecule is Cc1c(C)c(C)c(C2=CC=CN3CCCC23)c(C)c1C. The molecule has 1 heteroatoms. The molecule has 1 aromatic rings. The lowest BCUT2D eigenvalue weighted by Crippen LogP contribution is -2.28. The molecule has 2 aliphatic heterocycles. The summed E-state index contributed by atoms with van der Waals surface area (Å²) in [5.41, 5.74) is 10.4. The van der Waals surface area contributed by atoms with E-state index in [9.17, 15) is 0 Å². The van der Waals surface area contributed by atoms with Gasteiger partial charge in [-0.3, -0.25) is 0 Å². The molecule has 0 aromatic heterocycles. The summed E-state index contributed by atoms with van der Waals surface area (Å²) in [5.74, 6) is 0. The van der Waals surface area contributed by atoms with E-state index in [2.05, 4.69) is 57.9 Å². The van der Waals surface area contributed by atoms with Crippen LogP contribution in [0.5, 0.6) is 0 Å².